The van der Waals surface area contributed by atoms with Crippen LogP contribution in [0.5, 0.6) is 5.88 Å². The predicted octanol–water partition coefficient (Wildman–Crippen LogP) is 2.48. The van der Waals surface area contributed by atoms with Crippen LogP contribution in [0.1, 0.15) is 25.5 Å². The zero-order chi connectivity index (χ0) is 23.0. The lowest BCUT2D eigenvalue weighted by atomic mass is 10.1. The van der Waals surface area contributed by atoms with Gasteiger partial charge in [-0.15, -0.1) is 0 Å². The smallest absolute Gasteiger partial charge is 0.307 e. The first kappa shape index (κ1) is 22.2. The minimum Gasteiger partial charge on any atom is -0.481 e. The van der Waals surface area contributed by atoms with Gasteiger partial charge in [0.2, 0.25) is 21.9 Å². The van der Waals surface area contributed by atoms with Gasteiger partial charge in [-0.05, 0) is 36.6 Å². The van der Waals surface area contributed by atoms with Gasteiger partial charge in [-0.3, -0.25) is 4.79 Å². The molecule has 4 rings (SSSR count). The van der Waals surface area contributed by atoms with E-state index in [1.54, 1.807) is 10.8 Å². The van der Waals surface area contributed by atoms with Crippen LogP contribution in [0.3, 0.4) is 0 Å². The molecule has 1 aliphatic rings. The van der Waals surface area contributed by atoms with E-state index >= 15 is 0 Å². The Morgan fingerprint density at radius 1 is 1.28 bits per heavy atom. The number of hydrogen-bond donors (Lipinski definition) is 1. The van der Waals surface area contributed by atoms with Gasteiger partial charge >= 0.3 is 5.97 Å². The topological polar surface area (TPSA) is 115 Å². The molecule has 11 heteroatoms. The first-order valence-corrected chi connectivity index (χ1v) is 11.6. The summed E-state index contributed by atoms with van der Waals surface area (Å²) < 4.78 is 48.6. The Kier molecular flexibility index (Phi) is 5.87. The molecule has 0 spiro atoms. The van der Waals surface area contributed by atoms with Crippen LogP contribution in [0, 0.1) is 11.9 Å². The number of sulfonamides is 1. The third-order valence-corrected chi connectivity index (χ3v) is 7.42. The monoisotopic (exact) mass is 462 g/mol. The first-order valence-electron chi connectivity index (χ1n) is 10.2. The number of carboxylic acids is 1. The Bertz CT molecular complexity index is 1260. The van der Waals surface area contributed by atoms with E-state index in [0.29, 0.717) is 29.1 Å². The van der Waals surface area contributed by atoms with Crippen LogP contribution >= 0.6 is 0 Å². The molecule has 3 aromatic heterocycles. The third-order valence-electron chi connectivity index (χ3n) is 5.60. The molecule has 2 atom stereocenters. The van der Waals surface area contributed by atoms with Gasteiger partial charge in [0, 0.05) is 30.7 Å². The molecule has 0 radical (unpaired) electrons. The van der Waals surface area contributed by atoms with Crippen molar-refractivity contribution >= 4 is 27.0 Å². The first-order chi connectivity index (χ1) is 15.2. The number of carboxylic acid groups (broad SMARTS) is 1. The fourth-order valence-corrected chi connectivity index (χ4v) is 5.60. The Labute approximate surface area is 184 Å². The van der Waals surface area contributed by atoms with Gasteiger partial charge in [0.1, 0.15) is 10.5 Å². The lowest BCUT2D eigenvalue weighted by Gasteiger charge is -2.18. The zero-order valence-corrected chi connectivity index (χ0v) is 18.4. The molecule has 0 bridgehead atoms. The number of ether oxygens (including phenoxy) is 1. The number of hydrogen-bond acceptors (Lipinski definition) is 6. The summed E-state index contributed by atoms with van der Waals surface area (Å²) >= 11 is 0. The molecule has 1 aliphatic heterocycles. The summed E-state index contributed by atoms with van der Waals surface area (Å²) in [5, 5.41) is 9.77. The highest BCUT2D eigenvalue weighted by molar-refractivity contribution is 7.89. The van der Waals surface area contributed by atoms with Crippen molar-refractivity contribution in [3.8, 4) is 5.88 Å². The molecule has 4 heterocycles. The van der Waals surface area contributed by atoms with Crippen molar-refractivity contribution in [3.05, 3.63) is 48.2 Å². The number of aromatic nitrogens is 3. The normalized spacial score (nSPS) is 19.5. The van der Waals surface area contributed by atoms with Gasteiger partial charge in [-0.25, -0.2) is 18.4 Å². The highest BCUT2D eigenvalue weighted by Gasteiger charge is 2.39. The molecule has 32 heavy (non-hydrogen) atoms. The maximum absolute atomic E-state index is 13.9. The zero-order valence-electron chi connectivity index (χ0n) is 17.6. The summed E-state index contributed by atoms with van der Waals surface area (Å²) in [5.41, 5.74) is 0.810. The maximum atomic E-state index is 13.9. The molecule has 0 amide bonds. The molecule has 0 aliphatic carbocycles. The Morgan fingerprint density at radius 2 is 2.06 bits per heavy atom. The van der Waals surface area contributed by atoms with Gasteiger partial charge in [0.25, 0.3) is 0 Å². The van der Waals surface area contributed by atoms with Gasteiger partial charge in [0.15, 0.2) is 0 Å². The summed E-state index contributed by atoms with van der Waals surface area (Å²) in [6, 6.07) is 5.33. The molecular weight excluding hydrogens is 439 g/mol. The summed E-state index contributed by atoms with van der Waals surface area (Å²) in [4.78, 5) is 19.3. The average molecular weight is 463 g/mol. The third kappa shape index (κ3) is 4.05. The number of aliphatic carboxylic acids is 1. The molecule has 1 saturated heterocycles. The highest BCUT2D eigenvalue weighted by Crippen LogP contribution is 2.35. The van der Waals surface area contributed by atoms with E-state index in [9.17, 15) is 22.7 Å². The number of carbonyl (C=O) groups is 1. The average Bonchev–Trinajstić information content (AvgIpc) is 3.29. The molecule has 3 aromatic rings. The van der Waals surface area contributed by atoms with E-state index in [0.717, 1.165) is 0 Å². The van der Waals surface area contributed by atoms with Gasteiger partial charge < -0.3 is 14.4 Å². The molecule has 0 aromatic carbocycles. The number of fused-ring (bicyclic) bond motifs is 1. The van der Waals surface area contributed by atoms with E-state index in [1.807, 2.05) is 13.8 Å². The Balaban J connectivity index is 1.66. The van der Waals surface area contributed by atoms with Crippen molar-refractivity contribution < 1.29 is 27.4 Å². The van der Waals surface area contributed by atoms with Crippen LogP contribution < -0.4 is 4.74 Å². The van der Waals surface area contributed by atoms with Gasteiger partial charge in [-0.2, -0.15) is 8.70 Å². The minimum atomic E-state index is -3.80. The largest absolute Gasteiger partial charge is 0.481 e. The molecule has 1 fully saturated rings. The molecule has 1 N–H and O–H groups in total. The number of rotatable bonds is 7. The SMILES string of the molecule is CCOc1ccc(S(=O)(=O)N2C[C@@H](C)[C@@H](n3cc(CC(=O)O)c4ccc(F)nc43)C2)cn1. The van der Waals surface area contributed by atoms with Crippen LogP contribution in [-0.4, -0.2) is 58.0 Å². The van der Waals surface area contributed by atoms with Crippen molar-refractivity contribution in [1.82, 2.24) is 18.8 Å². The van der Waals surface area contributed by atoms with E-state index in [4.69, 9.17) is 4.74 Å². The fourth-order valence-electron chi connectivity index (χ4n) is 4.09. The van der Waals surface area contributed by atoms with E-state index in [-0.39, 0.29) is 36.4 Å². The van der Waals surface area contributed by atoms with Gasteiger partial charge in [0.05, 0.1) is 25.3 Å². The standard InChI is InChI=1S/C21H23FN4O5S/c1-3-31-19-7-4-15(9-23-19)32(29,30)25-10-13(2)17(12-25)26-11-14(8-20(27)28)16-5-6-18(22)24-21(16)26/h4-7,9,11,13,17H,3,8,10,12H2,1-2H3,(H,27,28)/t13-,17+/m1/s1. The maximum Gasteiger partial charge on any atom is 0.307 e. The summed E-state index contributed by atoms with van der Waals surface area (Å²) in [6.07, 6.45) is 2.67. The Hall–Kier alpha value is -3.05. The second-order valence-corrected chi connectivity index (χ2v) is 9.71. The molecule has 0 saturated carbocycles. The van der Waals surface area contributed by atoms with Crippen LogP contribution in [0.15, 0.2) is 41.6 Å². The van der Waals surface area contributed by atoms with Crippen molar-refractivity contribution in [2.75, 3.05) is 19.7 Å². The summed E-state index contributed by atoms with van der Waals surface area (Å²) in [6.45, 7) is 4.53. The number of nitrogens with zero attached hydrogens (tertiary/aromatic N) is 4. The second-order valence-electron chi connectivity index (χ2n) is 7.77. The molecule has 170 valence electrons. The van der Waals surface area contributed by atoms with E-state index in [1.165, 1.54) is 34.8 Å². The van der Waals surface area contributed by atoms with Crippen LogP contribution in [-0.2, 0) is 21.2 Å². The van der Waals surface area contributed by atoms with Crippen LogP contribution in [0.25, 0.3) is 11.0 Å². The lowest BCUT2D eigenvalue weighted by Crippen LogP contribution is -2.29. The van der Waals surface area contributed by atoms with E-state index in [2.05, 4.69) is 9.97 Å². The summed E-state index contributed by atoms with van der Waals surface area (Å²) in [7, 11) is -3.80. The van der Waals surface area contributed by atoms with E-state index < -0.39 is 21.9 Å². The van der Waals surface area contributed by atoms with Crippen molar-refractivity contribution in [2.24, 2.45) is 5.92 Å². The van der Waals surface area contributed by atoms with Crippen molar-refractivity contribution in [1.29, 1.82) is 0 Å². The molecule has 0 unspecified atom stereocenters. The highest BCUT2D eigenvalue weighted by atomic mass is 32.2. The van der Waals surface area contributed by atoms with Crippen molar-refractivity contribution in [3.63, 3.8) is 0 Å². The quantitative estimate of drug-likeness (QED) is 0.537. The number of halogens is 1. The molecular formula is C21H23FN4O5S. The minimum absolute atomic E-state index is 0.0573. The van der Waals surface area contributed by atoms with Gasteiger partial charge in [-0.1, -0.05) is 6.92 Å². The predicted molar refractivity (Wildman–Crippen MR) is 113 cm³/mol. The molecule has 9 nitrogen and oxygen atoms in total. The number of pyridine rings is 2. The Morgan fingerprint density at radius 3 is 2.72 bits per heavy atom. The van der Waals surface area contributed by atoms with Crippen LogP contribution in [0.2, 0.25) is 0 Å². The summed E-state index contributed by atoms with van der Waals surface area (Å²) in [5.74, 6) is -1.47. The van der Waals surface area contributed by atoms with Crippen LogP contribution in [0.4, 0.5) is 4.39 Å². The van der Waals surface area contributed by atoms with Crippen molar-refractivity contribution in [2.45, 2.75) is 31.2 Å². The fraction of sp³-hybridized carbons (Fsp3) is 0.381. The second kappa shape index (κ2) is 8.47. The lowest BCUT2D eigenvalue weighted by molar-refractivity contribution is -0.136.